The summed E-state index contributed by atoms with van der Waals surface area (Å²) in [6.07, 6.45) is 0. The highest BCUT2D eigenvalue weighted by Crippen LogP contribution is 2.20. The van der Waals surface area contributed by atoms with Gasteiger partial charge < -0.3 is 5.32 Å². The summed E-state index contributed by atoms with van der Waals surface area (Å²) >= 11 is 4.82. The van der Waals surface area contributed by atoms with Crippen LogP contribution in [0.4, 0.5) is 10.1 Å². The monoisotopic (exact) mass is 286 g/mol. The molecule has 0 spiro atoms. The minimum absolute atomic E-state index is 0.256. The number of rotatable bonds is 3. The highest BCUT2D eigenvalue weighted by atomic mass is 79.9. The van der Waals surface area contributed by atoms with Crippen LogP contribution >= 0.6 is 27.3 Å². The average Bonchev–Trinajstić information content (AvgIpc) is 2.72. The topological polar surface area (TPSA) is 24.9 Å². The van der Waals surface area contributed by atoms with E-state index in [1.807, 2.05) is 5.38 Å². The predicted molar refractivity (Wildman–Crippen MR) is 63.5 cm³/mol. The molecule has 0 atom stereocenters. The number of hydrogen-bond donors (Lipinski definition) is 1. The molecule has 0 unspecified atom stereocenters. The van der Waals surface area contributed by atoms with Gasteiger partial charge in [-0.1, -0.05) is 15.9 Å². The third kappa shape index (κ3) is 2.76. The van der Waals surface area contributed by atoms with Crippen LogP contribution in [0.25, 0.3) is 0 Å². The summed E-state index contributed by atoms with van der Waals surface area (Å²) in [5.74, 6) is -0.256. The number of halogens is 2. The van der Waals surface area contributed by atoms with Crippen LogP contribution < -0.4 is 5.32 Å². The quantitative estimate of drug-likeness (QED) is 0.932. The zero-order chi connectivity index (χ0) is 10.7. The number of nitrogens with one attached hydrogen (secondary N) is 1. The number of anilines is 1. The Morgan fingerprint density at radius 1 is 1.47 bits per heavy atom. The zero-order valence-electron chi connectivity index (χ0n) is 7.71. The highest BCUT2D eigenvalue weighted by molar-refractivity contribution is 9.10. The van der Waals surface area contributed by atoms with Gasteiger partial charge in [0.2, 0.25) is 0 Å². The molecule has 1 aromatic heterocycles. The fraction of sp³-hybridized carbons (Fsp3) is 0.100. The summed E-state index contributed by atoms with van der Waals surface area (Å²) in [6.45, 7) is 0.539. The Balaban J connectivity index is 2.07. The molecule has 5 heteroatoms. The molecule has 0 aliphatic rings. The Bertz CT molecular complexity index is 445. The van der Waals surface area contributed by atoms with Gasteiger partial charge in [0, 0.05) is 9.85 Å². The van der Waals surface area contributed by atoms with E-state index < -0.39 is 0 Å². The molecule has 0 saturated heterocycles. The maximum atomic E-state index is 13.3. The molecule has 0 saturated carbocycles. The van der Waals surface area contributed by atoms with Crippen molar-refractivity contribution in [2.75, 3.05) is 5.32 Å². The Morgan fingerprint density at radius 2 is 2.33 bits per heavy atom. The summed E-state index contributed by atoms with van der Waals surface area (Å²) in [4.78, 5) is 4.11. The van der Waals surface area contributed by atoms with E-state index in [-0.39, 0.29) is 5.82 Å². The molecule has 2 rings (SSSR count). The lowest BCUT2D eigenvalue weighted by Gasteiger charge is -2.06. The molecule has 0 fully saturated rings. The van der Waals surface area contributed by atoms with Gasteiger partial charge in [0.1, 0.15) is 5.82 Å². The first-order chi connectivity index (χ1) is 7.25. The molecule has 1 aromatic carbocycles. The fourth-order valence-corrected chi connectivity index (χ4v) is 2.06. The summed E-state index contributed by atoms with van der Waals surface area (Å²) in [5.41, 5.74) is 3.16. The van der Waals surface area contributed by atoms with Gasteiger partial charge in [-0.05, 0) is 18.2 Å². The van der Waals surface area contributed by atoms with Crippen molar-refractivity contribution >= 4 is 33.0 Å². The van der Waals surface area contributed by atoms with Crippen molar-refractivity contribution in [1.29, 1.82) is 0 Å². The van der Waals surface area contributed by atoms with Gasteiger partial charge in [-0.15, -0.1) is 11.3 Å². The van der Waals surface area contributed by atoms with Crippen LogP contribution in [-0.4, -0.2) is 4.98 Å². The lowest BCUT2D eigenvalue weighted by molar-refractivity contribution is 0.629. The van der Waals surface area contributed by atoms with E-state index in [9.17, 15) is 4.39 Å². The molecule has 0 amide bonds. The summed E-state index contributed by atoms with van der Waals surface area (Å²) < 4.78 is 14.1. The highest BCUT2D eigenvalue weighted by Gasteiger charge is 2.02. The fourth-order valence-electron chi connectivity index (χ4n) is 1.14. The van der Waals surface area contributed by atoms with Gasteiger partial charge in [0.15, 0.2) is 0 Å². The van der Waals surface area contributed by atoms with Crippen molar-refractivity contribution in [2.45, 2.75) is 6.54 Å². The van der Waals surface area contributed by atoms with E-state index in [1.54, 1.807) is 17.6 Å². The van der Waals surface area contributed by atoms with Gasteiger partial charge in [-0.3, -0.25) is 0 Å². The van der Waals surface area contributed by atoms with Crippen molar-refractivity contribution in [3.05, 3.63) is 45.1 Å². The van der Waals surface area contributed by atoms with E-state index in [1.165, 1.54) is 17.4 Å². The first-order valence-electron chi connectivity index (χ1n) is 4.31. The van der Waals surface area contributed by atoms with Crippen molar-refractivity contribution in [2.24, 2.45) is 0 Å². The second kappa shape index (κ2) is 4.72. The molecule has 0 aliphatic heterocycles. The average molecular weight is 287 g/mol. The molecule has 2 nitrogen and oxygen atoms in total. The largest absolute Gasteiger partial charge is 0.377 e. The van der Waals surface area contributed by atoms with E-state index in [0.717, 1.165) is 10.2 Å². The molecule has 78 valence electrons. The van der Waals surface area contributed by atoms with Crippen LogP contribution in [0.2, 0.25) is 0 Å². The van der Waals surface area contributed by atoms with E-state index >= 15 is 0 Å². The Hall–Kier alpha value is -0.940. The first kappa shape index (κ1) is 10.6. The number of aromatic nitrogens is 1. The van der Waals surface area contributed by atoms with Gasteiger partial charge in [-0.2, -0.15) is 0 Å². The van der Waals surface area contributed by atoms with Gasteiger partial charge in [0.05, 0.1) is 23.4 Å². The van der Waals surface area contributed by atoms with Gasteiger partial charge in [0.25, 0.3) is 0 Å². The maximum Gasteiger partial charge on any atom is 0.146 e. The zero-order valence-corrected chi connectivity index (χ0v) is 10.1. The SMILES string of the molecule is Fc1ccc(Br)cc1NCc1cscn1. The Morgan fingerprint density at radius 3 is 3.07 bits per heavy atom. The molecule has 0 aliphatic carbocycles. The second-order valence-corrected chi connectivity index (χ2v) is 4.59. The van der Waals surface area contributed by atoms with Crippen LogP contribution in [0.5, 0.6) is 0 Å². The molecular weight excluding hydrogens is 279 g/mol. The number of nitrogens with zero attached hydrogens (tertiary/aromatic N) is 1. The van der Waals surface area contributed by atoms with E-state index in [0.29, 0.717) is 12.2 Å². The van der Waals surface area contributed by atoms with E-state index in [2.05, 4.69) is 26.2 Å². The van der Waals surface area contributed by atoms with Gasteiger partial charge >= 0.3 is 0 Å². The molecule has 0 bridgehead atoms. The second-order valence-electron chi connectivity index (χ2n) is 2.96. The minimum Gasteiger partial charge on any atom is -0.377 e. The standard InChI is InChI=1S/C10H8BrFN2S/c11-7-1-2-9(12)10(3-7)13-4-8-5-15-6-14-8/h1-3,5-6,13H,4H2. The molecule has 1 N–H and O–H groups in total. The first-order valence-corrected chi connectivity index (χ1v) is 6.05. The van der Waals surface area contributed by atoms with Crippen molar-refractivity contribution in [3.8, 4) is 0 Å². The number of benzene rings is 1. The summed E-state index contributed by atoms with van der Waals surface area (Å²) in [7, 11) is 0. The van der Waals surface area contributed by atoms with Crippen LogP contribution in [0.3, 0.4) is 0 Å². The van der Waals surface area contributed by atoms with Crippen LogP contribution in [0, 0.1) is 5.82 Å². The van der Waals surface area contributed by atoms with Crippen LogP contribution in [-0.2, 0) is 6.54 Å². The summed E-state index contributed by atoms with van der Waals surface area (Å²) in [6, 6.07) is 4.80. The van der Waals surface area contributed by atoms with Gasteiger partial charge in [-0.25, -0.2) is 9.37 Å². The molecule has 2 aromatic rings. The Kier molecular flexibility index (Phi) is 3.33. The molecular formula is C10H8BrFN2S. The predicted octanol–water partition coefficient (Wildman–Crippen LogP) is 3.66. The molecule has 15 heavy (non-hydrogen) atoms. The third-order valence-electron chi connectivity index (χ3n) is 1.87. The Labute approximate surface area is 99.3 Å². The molecule has 1 heterocycles. The lowest BCUT2D eigenvalue weighted by Crippen LogP contribution is -2.01. The van der Waals surface area contributed by atoms with Crippen molar-refractivity contribution in [3.63, 3.8) is 0 Å². The smallest absolute Gasteiger partial charge is 0.146 e. The van der Waals surface area contributed by atoms with Crippen LogP contribution in [0.15, 0.2) is 33.6 Å². The maximum absolute atomic E-state index is 13.3. The summed E-state index contributed by atoms with van der Waals surface area (Å²) in [5, 5.41) is 4.93. The third-order valence-corrected chi connectivity index (χ3v) is 3.00. The lowest BCUT2D eigenvalue weighted by atomic mass is 10.3. The van der Waals surface area contributed by atoms with Crippen molar-refractivity contribution < 1.29 is 4.39 Å². The van der Waals surface area contributed by atoms with Crippen LogP contribution in [0.1, 0.15) is 5.69 Å². The number of hydrogen-bond acceptors (Lipinski definition) is 3. The van der Waals surface area contributed by atoms with Crippen molar-refractivity contribution in [1.82, 2.24) is 4.98 Å². The number of thiazole rings is 1. The minimum atomic E-state index is -0.256. The van der Waals surface area contributed by atoms with E-state index in [4.69, 9.17) is 0 Å². The normalized spacial score (nSPS) is 10.3. The molecule has 0 radical (unpaired) electrons.